The van der Waals surface area contributed by atoms with E-state index in [9.17, 15) is 4.79 Å². The number of nitrogens with zero attached hydrogens (tertiary/aromatic N) is 2. The largest absolute Gasteiger partial charge is 0.494 e. The van der Waals surface area contributed by atoms with E-state index < -0.39 is 0 Å². The Labute approximate surface area is 157 Å². The Morgan fingerprint density at radius 3 is 2.81 bits per heavy atom. The van der Waals surface area contributed by atoms with Gasteiger partial charge in [-0.1, -0.05) is 30.7 Å². The van der Waals surface area contributed by atoms with Crippen LogP contribution >= 0.6 is 11.6 Å². The van der Waals surface area contributed by atoms with Gasteiger partial charge in [-0.2, -0.15) is 0 Å². The summed E-state index contributed by atoms with van der Waals surface area (Å²) in [6.07, 6.45) is 7.88. The Morgan fingerprint density at radius 1 is 1.23 bits per heavy atom. The fourth-order valence-corrected chi connectivity index (χ4v) is 2.57. The average Bonchev–Trinajstić information content (AvgIpc) is 3.06. The van der Waals surface area contributed by atoms with Gasteiger partial charge in [-0.25, -0.2) is 4.98 Å². The van der Waals surface area contributed by atoms with Crippen molar-refractivity contribution in [2.45, 2.75) is 19.9 Å². The monoisotopic (exact) mass is 369 g/mol. The zero-order valence-electron chi connectivity index (χ0n) is 14.5. The van der Waals surface area contributed by atoms with Crippen LogP contribution in [-0.4, -0.2) is 21.9 Å². The van der Waals surface area contributed by atoms with E-state index in [4.69, 9.17) is 16.3 Å². The van der Waals surface area contributed by atoms with Crippen molar-refractivity contribution in [3.05, 3.63) is 71.1 Å². The molecule has 1 N–H and O–H groups in total. The van der Waals surface area contributed by atoms with Crippen LogP contribution in [0.4, 0.5) is 0 Å². The first-order valence-electron chi connectivity index (χ1n) is 8.46. The highest BCUT2D eigenvalue weighted by Crippen LogP contribution is 2.14. The van der Waals surface area contributed by atoms with Gasteiger partial charge in [0.1, 0.15) is 11.4 Å². The SMILES string of the molecule is CCCOc1ccc(/C=C/C(=O)NCc2cn3cc(Cl)ccc3n2)cc1. The molecule has 0 radical (unpaired) electrons. The summed E-state index contributed by atoms with van der Waals surface area (Å²) in [6.45, 7) is 3.12. The number of pyridine rings is 1. The normalized spacial score (nSPS) is 11.2. The molecule has 0 fully saturated rings. The van der Waals surface area contributed by atoms with Crippen LogP contribution in [0.2, 0.25) is 5.02 Å². The van der Waals surface area contributed by atoms with Gasteiger partial charge in [-0.3, -0.25) is 4.79 Å². The van der Waals surface area contributed by atoms with Crippen molar-refractivity contribution in [2.24, 2.45) is 0 Å². The highest BCUT2D eigenvalue weighted by atomic mass is 35.5. The average molecular weight is 370 g/mol. The van der Waals surface area contributed by atoms with Gasteiger partial charge in [0.15, 0.2) is 0 Å². The second-order valence-electron chi connectivity index (χ2n) is 5.81. The second-order valence-corrected chi connectivity index (χ2v) is 6.25. The molecule has 5 nitrogen and oxygen atoms in total. The molecule has 0 aliphatic heterocycles. The van der Waals surface area contributed by atoms with Gasteiger partial charge in [-0.05, 0) is 42.3 Å². The summed E-state index contributed by atoms with van der Waals surface area (Å²) in [7, 11) is 0. The van der Waals surface area contributed by atoms with Crippen LogP contribution in [0.15, 0.2) is 54.9 Å². The Balaban J connectivity index is 1.53. The Kier molecular flexibility index (Phi) is 5.92. The highest BCUT2D eigenvalue weighted by Gasteiger charge is 2.03. The first-order chi connectivity index (χ1) is 12.6. The number of fused-ring (bicyclic) bond motifs is 1. The number of benzene rings is 1. The summed E-state index contributed by atoms with van der Waals surface area (Å²) >= 11 is 5.95. The Bertz CT molecular complexity index is 916. The predicted molar refractivity (Wildman–Crippen MR) is 103 cm³/mol. The maximum Gasteiger partial charge on any atom is 0.244 e. The molecule has 0 spiro atoms. The number of carbonyl (C=O) groups is 1. The molecule has 3 rings (SSSR count). The standard InChI is InChI=1S/C20H20ClN3O2/c1-2-11-26-18-7-3-15(4-8-18)5-10-20(25)22-12-17-14-24-13-16(21)6-9-19(24)23-17/h3-10,13-14H,2,11-12H2,1H3,(H,22,25)/b10-5+. The summed E-state index contributed by atoms with van der Waals surface area (Å²) < 4.78 is 7.37. The molecule has 134 valence electrons. The fourth-order valence-electron chi connectivity index (χ4n) is 2.41. The lowest BCUT2D eigenvalue weighted by Gasteiger charge is -2.04. The minimum absolute atomic E-state index is 0.175. The summed E-state index contributed by atoms with van der Waals surface area (Å²) in [5.74, 6) is 0.659. The van der Waals surface area contributed by atoms with Gasteiger partial charge >= 0.3 is 0 Å². The van der Waals surface area contributed by atoms with Crippen LogP contribution in [0, 0.1) is 0 Å². The molecule has 3 aromatic rings. The molecule has 0 aliphatic carbocycles. The Morgan fingerprint density at radius 2 is 2.04 bits per heavy atom. The van der Waals surface area contributed by atoms with Gasteiger partial charge < -0.3 is 14.5 Å². The molecule has 1 amide bonds. The molecule has 26 heavy (non-hydrogen) atoms. The second kappa shape index (κ2) is 8.54. The molecular formula is C20H20ClN3O2. The van der Waals surface area contributed by atoms with Crippen molar-refractivity contribution >= 4 is 29.2 Å². The van der Waals surface area contributed by atoms with E-state index >= 15 is 0 Å². The number of nitrogens with one attached hydrogen (secondary N) is 1. The molecule has 6 heteroatoms. The van der Waals surface area contributed by atoms with Crippen LogP contribution in [0.5, 0.6) is 5.75 Å². The lowest BCUT2D eigenvalue weighted by atomic mass is 10.2. The van der Waals surface area contributed by atoms with Gasteiger partial charge in [0, 0.05) is 18.5 Å². The van der Waals surface area contributed by atoms with E-state index in [-0.39, 0.29) is 5.91 Å². The number of amides is 1. The molecule has 1 aromatic carbocycles. The van der Waals surface area contributed by atoms with Gasteiger partial charge in [0.25, 0.3) is 0 Å². The maximum absolute atomic E-state index is 12.0. The van der Waals surface area contributed by atoms with E-state index in [0.29, 0.717) is 18.2 Å². The van der Waals surface area contributed by atoms with Gasteiger partial charge in [0.2, 0.25) is 5.91 Å². The number of halogens is 1. The minimum atomic E-state index is -0.175. The van der Waals surface area contributed by atoms with E-state index in [1.807, 2.05) is 40.9 Å². The summed E-state index contributed by atoms with van der Waals surface area (Å²) in [6, 6.07) is 11.3. The smallest absolute Gasteiger partial charge is 0.244 e. The molecule has 0 unspecified atom stereocenters. The van der Waals surface area contributed by atoms with E-state index in [2.05, 4.69) is 17.2 Å². The summed E-state index contributed by atoms with van der Waals surface area (Å²) in [5.41, 5.74) is 2.50. The van der Waals surface area contributed by atoms with Gasteiger partial charge in [-0.15, -0.1) is 0 Å². The number of hydrogen-bond acceptors (Lipinski definition) is 3. The molecule has 0 bridgehead atoms. The van der Waals surface area contributed by atoms with Crippen LogP contribution in [0.25, 0.3) is 11.7 Å². The van der Waals surface area contributed by atoms with Crippen molar-refractivity contribution in [1.29, 1.82) is 0 Å². The number of imidazole rings is 1. The van der Waals surface area contributed by atoms with E-state index in [0.717, 1.165) is 29.1 Å². The molecule has 2 aromatic heterocycles. The van der Waals surface area contributed by atoms with Crippen molar-refractivity contribution < 1.29 is 9.53 Å². The quantitative estimate of drug-likeness (QED) is 0.638. The van der Waals surface area contributed by atoms with Crippen LogP contribution in [-0.2, 0) is 11.3 Å². The molecule has 0 aliphatic rings. The zero-order valence-corrected chi connectivity index (χ0v) is 15.2. The van der Waals surface area contributed by atoms with Gasteiger partial charge in [0.05, 0.1) is 23.9 Å². The molecule has 0 atom stereocenters. The molecule has 0 saturated heterocycles. The lowest BCUT2D eigenvalue weighted by Crippen LogP contribution is -2.20. The summed E-state index contributed by atoms with van der Waals surface area (Å²) in [4.78, 5) is 16.4. The zero-order chi connectivity index (χ0) is 18.4. The highest BCUT2D eigenvalue weighted by molar-refractivity contribution is 6.30. The van der Waals surface area contributed by atoms with Crippen LogP contribution in [0.3, 0.4) is 0 Å². The first-order valence-corrected chi connectivity index (χ1v) is 8.84. The van der Waals surface area contributed by atoms with E-state index in [1.165, 1.54) is 6.08 Å². The van der Waals surface area contributed by atoms with Crippen molar-refractivity contribution in [1.82, 2.24) is 14.7 Å². The van der Waals surface area contributed by atoms with E-state index in [1.54, 1.807) is 18.3 Å². The van der Waals surface area contributed by atoms with Crippen molar-refractivity contribution in [2.75, 3.05) is 6.61 Å². The molecule has 2 heterocycles. The van der Waals surface area contributed by atoms with Crippen molar-refractivity contribution in [3.8, 4) is 5.75 Å². The van der Waals surface area contributed by atoms with Crippen molar-refractivity contribution in [3.63, 3.8) is 0 Å². The minimum Gasteiger partial charge on any atom is -0.494 e. The van der Waals surface area contributed by atoms with Crippen LogP contribution in [0.1, 0.15) is 24.6 Å². The fraction of sp³-hybridized carbons (Fsp3) is 0.200. The molecular weight excluding hydrogens is 350 g/mol. The van der Waals surface area contributed by atoms with Crippen LogP contribution < -0.4 is 10.1 Å². The topological polar surface area (TPSA) is 55.6 Å². The number of carbonyl (C=O) groups excluding carboxylic acids is 1. The third-order valence-electron chi connectivity index (χ3n) is 3.69. The molecule has 0 saturated carbocycles. The number of aromatic nitrogens is 2. The summed E-state index contributed by atoms with van der Waals surface area (Å²) in [5, 5.41) is 3.46. The number of ether oxygens (including phenoxy) is 1. The predicted octanol–water partition coefficient (Wildman–Crippen LogP) is 4.11. The first kappa shape index (κ1) is 18.0. The maximum atomic E-state index is 12.0. The third-order valence-corrected chi connectivity index (χ3v) is 3.91. The lowest BCUT2D eigenvalue weighted by molar-refractivity contribution is -0.116. The number of hydrogen-bond donors (Lipinski definition) is 1. The Hall–Kier alpha value is -2.79. The third kappa shape index (κ3) is 4.86. The number of rotatable bonds is 7.